The second kappa shape index (κ2) is 7.83. The van der Waals surface area contributed by atoms with E-state index in [9.17, 15) is 0 Å². The summed E-state index contributed by atoms with van der Waals surface area (Å²) in [4.78, 5) is 0. The van der Waals surface area contributed by atoms with Crippen LogP contribution in [0, 0.1) is 0 Å². The van der Waals surface area contributed by atoms with Crippen molar-refractivity contribution in [3.05, 3.63) is 133 Å². The molecule has 3 heteroatoms. The first kappa shape index (κ1) is 21.1. The van der Waals surface area contributed by atoms with Gasteiger partial charge in [-0.15, -0.1) is 11.3 Å². The van der Waals surface area contributed by atoms with E-state index < -0.39 is 0 Å². The fourth-order valence-electron chi connectivity index (χ4n) is 6.47. The first-order valence-corrected chi connectivity index (χ1v) is 14.1. The van der Waals surface area contributed by atoms with Gasteiger partial charge < -0.3 is 9.13 Å². The van der Waals surface area contributed by atoms with E-state index in [0.29, 0.717) is 0 Å². The Morgan fingerprint density at radius 3 is 1.59 bits per heavy atom. The van der Waals surface area contributed by atoms with Crippen LogP contribution in [0.4, 0.5) is 0 Å². The Kier molecular flexibility index (Phi) is 4.24. The largest absolute Gasteiger partial charge is 0.309 e. The molecule has 0 saturated heterocycles. The van der Waals surface area contributed by atoms with E-state index in [1.54, 1.807) is 0 Å². The fourth-order valence-corrected chi connectivity index (χ4v) is 7.71. The van der Waals surface area contributed by atoms with E-state index in [2.05, 4.69) is 143 Å². The average Bonchev–Trinajstić information content (AvgIpc) is 3.65. The molecule has 0 N–H and O–H groups in total. The molecule has 0 amide bonds. The molecule has 0 unspecified atom stereocenters. The first-order chi connectivity index (χ1) is 19.4. The summed E-state index contributed by atoms with van der Waals surface area (Å²) in [6, 6.07) is 48.6. The van der Waals surface area contributed by atoms with Gasteiger partial charge in [-0.1, -0.05) is 91.0 Å². The van der Waals surface area contributed by atoms with Crippen LogP contribution in [0.3, 0.4) is 0 Å². The maximum atomic E-state index is 2.47. The van der Waals surface area contributed by atoms with Crippen molar-refractivity contribution in [2.24, 2.45) is 0 Å². The Morgan fingerprint density at radius 2 is 0.897 bits per heavy atom. The number of aromatic nitrogens is 2. The molecule has 0 aliphatic rings. The molecule has 0 aliphatic carbocycles. The van der Waals surface area contributed by atoms with Crippen molar-refractivity contribution in [3.8, 4) is 11.4 Å². The SMILES string of the molecule is c1cc(-n2c3ccccc3c3ccccc32)cc(-n2c3ccccc3c3ccc4c5ccccc5sc4c32)c1. The topological polar surface area (TPSA) is 9.86 Å². The minimum Gasteiger partial charge on any atom is -0.309 e. The van der Waals surface area contributed by atoms with Gasteiger partial charge in [-0.3, -0.25) is 0 Å². The van der Waals surface area contributed by atoms with Crippen molar-refractivity contribution in [1.29, 1.82) is 0 Å². The van der Waals surface area contributed by atoms with Gasteiger partial charge in [-0.25, -0.2) is 0 Å². The minimum atomic E-state index is 1.17. The number of thiophene rings is 1. The summed E-state index contributed by atoms with van der Waals surface area (Å²) >= 11 is 1.89. The molecule has 0 atom stereocenters. The van der Waals surface area contributed by atoms with Gasteiger partial charge in [0.25, 0.3) is 0 Å². The summed E-state index contributed by atoms with van der Waals surface area (Å²) < 4.78 is 7.54. The summed E-state index contributed by atoms with van der Waals surface area (Å²) in [5.74, 6) is 0. The zero-order valence-electron chi connectivity index (χ0n) is 21.0. The quantitative estimate of drug-likeness (QED) is 0.217. The summed E-state index contributed by atoms with van der Waals surface area (Å²) in [6.07, 6.45) is 0. The molecule has 3 aromatic heterocycles. The molecular weight excluding hydrogens is 492 g/mol. The van der Waals surface area contributed by atoms with Crippen LogP contribution < -0.4 is 0 Å². The molecule has 0 bridgehead atoms. The Bertz CT molecular complexity index is 2350. The average molecular weight is 515 g/mol. The smallest absolute Gasteiger partial charge is 0.0719 e. The van der Waals surface area contributed by atoms with Crippen LogP contribution in [0.5, 0.6) is 0 Å². The van der Waals surface area contributed by atoms with Gasteiger partial charge in [0.2, 0.25) is 0 Å². The van der Waals surface area contributed by atoms with Crippen molar-refractivity contribution >= 4 is 75.1 Å². The van der Waals surface area contributed by atoms with Gasteiger partial charge in [0.05, 0.1) is 26.8 Å². The van der Waals surface area contributed by atoms with Crippen LogP contribution in [-0.4, -0.2) is 9.13 Å². The lowest BCUT2D eigenvalue weighted by atomic mass is 10.1. The number of rotatable bonds is 2. The standard InChI is InChI=1S/C36H22N2S/c1-5-16-31-25(12-1)26-13-2-6-17-32(26)37(31)23-10-9-11-24(22-23)38-33-18-7-3-14-27(33)29-20-21-30-28-15-4-8-19-34(28)39-36(30)35(29)38/h1-22H. The fraction of sp³-hybridized carbons (Fsp3) is 0. The third kappa shape index (κ3) is 2.85. The van der Waals surface area contributed by atoms with Crippen molar-refractivity contribution in [2.75, 3.05) is 0 Å². The van der Waals surface area contributed by atoms with Crippen LogP contribution in [0.1, 0.15) is 0 Å². The summed E-state index contributed by atoms with van der Waals surface area (Å²) in [6.45, 7) is 0. The molecule has 3 heterocycles. The van der Waals surface area contributed by atoms with E-state index in [1.807, 2.05) is 11.3 Å². The van der Waals surface area contributed by atoms with E-state index in [-0.39, 0.29) is 0 Å². The number of fused-ring (bicyclic) bond motifs is 10. The van der Waals surface area contributed by atoms with Crippen molar-refractivity contribution in [2.45, 2.75) is 0 Å². The summed E-state index contributed by atoms with van der Waals surface area (Å²) in [7, 11) is 0. The second-order valence-electron chi connectivity index (χ2n) is 10.2. The van der Waals surface area contributed by atoms with Gasteiger partial charge in [-0.05, 0) is 42.5 Å². The molecule has 0 aliphatic heterocycles. The molecule has 0 radical (unpaired) electrons. The van der Waals surface area contributed by atoms with Crippen molar-refractivity contribution in [3.63, 3.8) is 0 Å². The van der Waals surface area contributed by atoms with Crippen LogP contribution in [0.15, 0.2) is 133 Å². The molecule has 0 spiro atoms. The number of hydrogen-bond acceptors (Lipinski definition) is 1. The maximum absolute atomic E-state index is 2.47. The first-order valence-electron chi connectivity index (χ1n) is 13.3. The van der Waals surface area contributed by atoms with E-state index in [1.165, 1.54) is 75.2 Å². The van der Waals surface area contributed by atoms with Gasteiger partial charge in [0.15, 0.2) is 0 Å². The monoisotopic (exact) mass is 514 g/mol. The maximum Gasteiger partial charge on any atom is 0.0719 e. The zero-order valence-corrected chi connectivity index (χ0v) is 21.8. The predicted molar refractivity (Wildman–Crippen MR) is 168 cm³/mol. The van der Waals surface area contributed by atoms with Crippen LogP contribution in [-0.2, 0) is 0 Å². The molecule has 39 heavy (non-hydrogen) atoms. The highest BCUT2D eigenvalue weighted by Crippen LogP contribution is 2.43. The van der Waals surface area contributed by atoms with Gasteiger partial charge >= 0.3 is 0 Å². The highest BCUT2D eigenvalue weighted by Gasteiger charge is 2.18. The van der Waals surface area contributed by atoms with Crippen LogP contribution in [0.2, 0.25) is 0 Å². The Morgan fingerprint density at radius 1 is 0.385 bits per heavy atom. The molecule has 0 saturated carbocycles. The Balaban J connectivity index is 1.40. The Labute approximate surface area is 228 Å². The van der Waals surface area contributed by atoms with E-state index in [0.717, 1.165) is 0 Å². The Hall–Kier alpha value is -4.86. The summed E-state index contributed by atoms with van der Waals surface area (Å²) in [5, 5.41) is 7.80. The highest BCUT2D eigenvalue weighted by atomic mass is 32.1. The molecule has 2 nitrogen and oxygen atoms in total. The number of hydrogen-bond donors (Lipinski definition) is 0. The second-order valence-corrected chi connectivity index (χ2v) is 11.2. The van der Waals surface area contributed by atoms with Crippen molar-refractivity contribution in [1.82, 2.24) is 9.13 Å². The lowest BCUT2D eigenvalue weighted by molar-refractivity contribution is 1.14. The van der Waals surface area contributed by atoms with Crippen LogP contribution in [0.25, 0.3) is 75.2 Å². The minimum absolute atomic E-state index is 1.17. The molecule has 0 fully saturated rings. The van der Waals surface area contributed by atoms with Crippen LogP contribution >= 0.6 is 11.3 Å². The summed E-state index contributed by atoms with van der Waals surface area (Å²) in [5.41, 5.74) is 7.31. The number of para-hydroxylation sites is 3. The van der Waals surface area contributed by atoms with E-state index >= 15 is 0 Å². The molecule has 6 aromatic carbocycles. The number of benzene rings is 6. The molecule has 9 rings (SSSR count). The van der Waals surface area contributed by atoms with Gasteiger partial charge in [0, 0.05) is 48.4 Å². The van der Waals surface area contributed by atoms with E-state index in [4.69, 9.17) is 0 Å². The molecular formula is C36H22N2S. The lowest BCUT2D eigenvalue weighted by Crippen LogP contribution is -1.98. The molecule has 9 aromatic rings. The lowest BCUT2D eigenvalue weighted by Gasteiger charge is -2.13. The highest BCUT2D eigenvalue weighted by molar-refractivity contribution is 7.26. The van der Waals surface area contributed by atoms with Gasteiger partial charge in [0.1, 0.15) is 0 Å². The third-order valence-corrected chi connectivity index (χ3v) is 9.30. The van der Waals surface area contributed by atoms with Gasteiger partial charge in [-0.2, -0.15) is 0 Å². The zero-order chi connectivity index (χ0) is 25.5. The predicted octanol–water partition coefficient (Wildman–Crippen LogP) is 10.2. The third-order valence-electron chi connectivity index (χ3n) is 8.11. The van der Waals surface area contributed by atoms with Crippen molar-refractivity contribution < 1.29 is 0 Å². The number of nitrogens with zero attached hydrogens (tertiary/aromatic N) is 2. The normalized spacial score (nSPS) is 12.1. The molecule has 182 valence electrons.